The number of anilines is 1. The van der Waals surface area contributed by atoms with E-state index in [4.69, 9.17) is 30.9 Å². The molecule has 1 aliphatic heterocycles. The molecule has 13 heteroatoms. The first-order valence-corrected chi connectivity index (χ1v) is 12.8. The van der Waals surface area contributed by atoms with Crippen LogP contribution in [-0.2, 0) is 14.0 Å². The van der Waals surface area contributed by atoms with Crippen molar-refractivity contribution in [1.29, 1.82) is 0 Å². The van der Waals surface area contributed by atoms with Crippen LogP contribution in [-0.4, -0.2) is 65.8 Å². The average molecular weight is 513 g/mol. The monoisotopic (exact) mass is 512 g/mol. The van der Waals surface area contributed by atoms with E-state index in [1.165, 1.54) is 4.57 Å². The molecule has 3 heterocycles. The summed E-state index contributed by atoms with van der Waals surface area (Å²) in [5.74, 6) is 0.513. The predicted octanol–water partition coefficient (Wildman–Crippen LogP) is 2.42. The molecule has 1 fully saturated rings. The minimum Gasteiger partial charge on any atom is -0.387 e. The average Bonchev–Trinajstić information content (AvgIpc) is 3.33. The Balaban J connectivity index is 1.59. The Kier molecular flexibility index (Phi) is 7.56. The van der Waals surface area contributed by atoms with Gasteiger partial charge in [0.15, 0.2) is 6.23 Å². The van der Waals surface area contributed by atoms with E-state index in [0.29, 0.717) is 16.9 Å². The number of rotatable bonds is 9. The van der Waals surface area contributed by atoms with Gasteiger partial charge in [0.1, 0.15) is 36.1 Å². The van der Waals surface area contributed by atoms with Crippen molar-refractivity contribution in [2.24, 2.45) is 0 Å². The fourth-order valence-corrected chi connectivity index (χ4v) is 4.49. The second-order valence-corrected chi connectivity index (χ2v) is 9.95. The van der Waals surface area contributed by atoms with Gasteiger partial charge in [-0.3, -0.25) is 4.57 Å². The topological polar surface area (TPSA) is 159 Å². The van der Waals surface area contributed by atoms with Crippen molar-refractivity contribution in [3.8, 4) is 0 Å². The van der Waals surface area contributed by atoms with Crippen LogP contribution >= 0.6 is 19.2 Å². The molecule has 11 nitrogen and oxygen atoms in total. The maximum absolute atomic E-state index is 11.0. The van der Waals surface area contributed by atoms with E-state index in [2.05, 4.69) is 22.2 Å². The Morgan fingerprint density at radius 1 is 1.21 bits per heavy atom. The van der Waals surface area contributed by atoms with Crippen LogP contribution in [0.3, 0.4) is 0 Å². The molecule has 0 amide bonds. The molecule has 1 aromatic carbocycles. The van der Waals surface area contributed by atoms with Gasteiger partial charge in [0.25, 0.3) is 0 Å². The Bertz CT molecular complexity index is 1170. The largest absolute Gasteiger partial charge is 0.387 e. The van der Waals surface area contributed by atoms with Crippen molar-refractivity contribution in [3.05, 3.63) is 53.4 Å². The van der Waals surface area contributed by atoms with Crippen LogP contribution in [0.4, 0.5) is 5.82 Å². The van der Waals surface area contributed by atoms with E-state index in [0.717, 1.165) is 12.0 Å². The zero-order chi connectivity index (χ0) is 24.5. The molecular weight excluding hydrogens is 487 g/mol. The number of aliphatic hydroxyl groups is 2. The summed E-state index contributed by atoms with van der Waals surface area (Å²) in [6.45, 7) is 1.74. The van der Waals surface area contributed by atoms with Gasteiger partial charge in [-0.15, -0.1) is 0 Å². The number of nitrogens with one attached hydrogen (secondary N) is 1. The Morgan fingerprint density at radius 3 is 2.62 bits per heavy atom. The van der Waals surface area contributed by atoms with Crippen LogP contribution in [0.25, 0.3) is 11.0 Å². The third-order valence-electron chi connectivity index (χ3n) is 5.62. The highest BCUT2D eigenvalue weighted by atomic mass is 35.5. The standard InChI is InChI=1S/C21H26ClN4O7P/c1-2-14(12-6-4-3-5-7-12)23-18-13-8-9-26(19(13)25-21(22)24-18)20-17(28)16(27)15(33-20)10-32-11-34(29,30)31/h3-9,14-17,20,27-28H,2,10-11H2,1H3,(H,23,24,25)(H2,29,30,31)/t14-,15-,16-,17-,20-/m1/s1. The number of aromatic nitrogens is 3. The summed E-state index contributed by atoms with van der Waals surface area (Å²) in [5.41, 5.74) is 1.47. The SMILES string of the molecule is CC[C@@H](Nc1nc(Cl)nc2c1ccn2[C@@H]1O[C@H](COCP(=O)(O)O)[C@@H](O)[C@H]1O)c1ccccc1. The molecule has 0 spiro atoms. The number of hydrogen-bond acceptors (Lipinski definition) is 8. The summed E-state index contributed by atoms with van der Waals surface area (Å²) >= 11 is 6.21. The quantitative estimate of drug-likeness (QED) is 0.213. The van der Waals surface area contributed by atoms with Crippen LogP contribution in [0.2, 0.25) is 5.28 Å². The number of nitrogens with zero attached hydrogens (tertiary/aromatic N) is 3. The molecule has 0 aliphatic carbocycles. The van der Waals surface area contributed by atoms with Gasteiger partial charge in [0.2, 0.25) is 5.28 Å². The molecular formula is C21H26ClN4O7P. The first-order chi connectivity index (χ1) is 16.2. The normalized spacial score (nSPS) is 23.9. The molecule has 5 atom stereocenters. The van der Waals surface area contributed by atoms with Crippen molar-refractivity contribution in [1.82, 2.24) is 14.5 Å². The maximum atomic E-state index is 11.0. The van der Waals surface area contributed by atoms with E-state index in [9.17, 15) is 14.8 Å². The lowest BCUT2D eigenvalue weighted by atomic mass is 10.0. The fraction of sp³-hybridized carbons (Fsp3) is 0.429. The third-order valence-corrected chi connectivity index (χ3v) is 6.31. The van der Waals surface area contributed by atoms with Gasteiger partial charge in [0.05, 0.1) is 18.0 Å². The highest BCUT2D eigenvalue weighted by Crippen LogP contribution is 2.37. The molecule has 5 N–H and O–H groups in total. The highest BCUT2D eigenvalue weighted by Gasteiger charge is 2.44. The minimum atomic E-state index is -4.37. The van der Waals surface area contributed by atoms with E-state index in [1.54, 1.807) is 12.3 Å². The molecule has 0 saturated carbocycles. The lowest BCUT2D eigenvalue weighted by molar-refractivity contribution is -0.0610. The number of benzene rings is 1. The molecule has 34 heavy (non-hydrogen) atoms. The van der Waals surface area contributed by atoms with Crippen molar-refractivity contribution < 1.29 is 34.0 Å². The summed E-state index contributed by atoms with van der Waals surface area (Å²) in [6.07, 6.45) is -3.07. The maximum Gasteiger partial charge on any atom is 0.350 e. The van der Waals surface area contributed by atoms with Crippen LogP contribution in [0, 0.1) is 0 Å². The molecule has 1 aliphatic rings. The van der Waals surface area contributed by atoms with Gasteiger partial charge >= 0.3 is 7.60 Å². The molecule has 2 aromatic heterocycles. The smallest absolute Gasteiger partial charge is 0.350 e. The van der Waals surface area contributed by atoms with Gasteiger partial charge in [-0.25, -0.2) is 4.98 Å². The summed E-state index contributed by atoms with van der Waals surface area (Å²) in [4.78, 5) is 26.5. The molecule has 0 radical (unpaired) electrons. The first-order valence-electron chi connectivity index (χ1n) is 10.7. The van der Waals surface area contributed by atoms with E-state index >= 15 is 0 Å². The van der Waals surface area contributed by atoms with Crippen molar-refractivity contribution in [2.75, 3.05) is 18.3 Å². The van der Waals surface area contributed by atoms with Crippen LogP contribution in [0.15, 0.2) is 42.6 Å². The molecule has 0 unspecified atom stereocenters. The fourth-order valence-electron chi connectivity index (χ4n) is 3.98. The number of hydrogen-bond donors (Lipinski definition) is 5. The van der Waals surface area contributed by atoms with Crippen LogP contribution in [0.5, 0.6) is 0 Å². The molecule has 4 rings (SSSR count). The Hall–Kier alpha value is -2.08. The van der Waals surface area contributed by atoms with Crippen molar-refractivity contribution in [2.45, 2.75) is 43.9 Å². The number of aliphatic hydroxyl groups excluding tert-OH is 2. The zero-order valence-electron chi connectivity index (χ0n) is 18.2. The molecule has 184 valence electrons. The summed E-state index contributed by atoms with van der Waals surface area (Å²) < 4.78 is 23.2. The van der Waals surface area contributed by atoms with Crippen LogP contribution in [0.1, 0.15) is 31.2 Å². The molecule has 3 aromatic rings. The number of ether oxygens (including phenoxy) is 2. The second-order valence-electron chi connectivity index (χ2n) is 8.03. The van der Waals surface area contributed by atoms with E-state index in [1.807, 2.05) is 30.3 Å². The summed E-state index contributed by atoms with van der Waals surface area (Å²) in [6, 6.07) is 11.6. The third kappa shape index (κ3) is 5.42. The first kappa shape index (κ1) is 25.0. The molecule has 0 bridgehead atoms. The van der Waals surface area contributed by atoms with Gasteiger partial charge < -0.3 is 39.4 Å². The van der Waals surface area contributed by atoms with E-state index < -0.39 is 38.5 Å². The number of fused-ring (bicyclic) bond motifs is 1. The van der Waals surface area contributed by atoms with Gasteiger partial charge in [-0.2, -0.15) is 4.98 Å². The zero-order valence-corrected chi connectivity index (χ0v) is 19.9. The molecule has 1 saturated heterocycles. The summed E-state index contributed by atoms with van der Waals surface area (Å²) in [7, 11) is -4.37. The predicted molar refractivity (Wildman–Crippen MR) is 124 cm³/mol. The van der Waals surface area contributed by atoms with Crippen molar-refractivity contribution >= 4 is 36.0 Å². The Labute approximate surface area is 200 Å². The van der Waals surface area contributed by atoms with Gasteiger partial charge in [-0.05, 0) is 29.7 Å². The van der Waals surface area contributed by atoms with E-state index in [-0.39, 0.29) is 17.9 Å². The Morgan fingerprint density at radius 2 is 1.94 bits per heavy atom. The van der Waals surface area contributed by atoms with Gasteiger partial charge in [-0.1, -0.05) is 37.3 Å². The van der Waals surface area contributed by atoms with Crippen molar-refractivity contribution in [3.63, 3.8) is 0 Å². The second kappa shape index (κ2) is 10.3. The number of halogens is 1. The minimum absolute atomic E-state index is 0.00701. The lowest BCUT2D eigenvalue weighted by Gasteiger charge is -2.20. The highest BCUT2D eigenvalue weighted by molar-refractivity contribution is 7.51. The van der Waals surface area contributed by atoms with Gasteiger partial charge in [0, 0.05) is 6.20 Å². The lowest BCUT2D eigenvalue weighted by Crippen LogP contribution is -2.33. The van der Waals surface area contributed by atoms with Crippen LogP contribution < -0.4 is 5.32 Å². The summed E-state index contributed by atoms with van der Waals surface area (Å²) in [5, 5.41) is 25.0.